The third-order valence-corrected chi connectivity index (χ3v) is 5.80. The van der Waals surface area contributed by atoms with Crippen LogP contribution >= 0.6 is 0 Å². The lowest BCUT2D eigenvalue weighted by molar-refractivity contribution is 0.340. The summed E-state index contributed by atoms with van der Waals surface area (Å²) < 4.78 is 14.5. The van der Waals surface area contributed by atoms with E-state index in [4.69, 9.17) is 5.11 Å². The van der Waals surface area contributed by atoms with Gasteiger partial charge in [0.2, 0.25) is 0 Å². The Hall–Kier alpha value is -1.91. The zero-order valence-corrected chi connectivity index (χ0v) is 18.0. The summed E-state index contributed by atoms with van der Waals surface area (Å²) in [7, 11) is 1.99. The summed E-state index contributed by atoms with van der Waals surface area (Å²) in [6, 6.07) is 7.14. The second-order valence-corrected chi connectivity index (χ2v) is 8.11. The second kappa shape index (κ2) is 12.6. The lowest BCUT2D eigenvalue weighted by Crippen LogP contribution is -2.41. The molecule has 0 spiro atoms. The molecule has 0 bridgehead atoms. The molecule has 29 heavy (non-hydrogen) atoms. The molecule has 4 heteroatoms. The Labute approximate surface area is 175 Å². The average molecular weight is 401 g/mol. The Balaban J connectivity index is 2.05. The highest BCUT2D eigenvalue weighted by Crippen LogP contribution is 2.39. The maximum atomic E-state index is 14.5. The average Bonchev–Trinajstić information content (AvgIpc) is 3.20. The molecule has 2 rings (SSSR count). The highest BCUT2D eigenvalue weighted by atomic mass is 19.1. The smallest absolute Gasteiger partial charge is 0.128 e. The van der Waals surface area contributed by atoms with Gasteiger partial charge in [-0.15, -0.1) is 0 Å². The fourth-order valence-electron chi connectivity index (χ4n) is 4.24. The topological polar surface area (TPSA) is 44.3 Å². The van der Waals surface area contributed by atoms with Crippen LogP contribution in [0.1, 0.15) is 63.9 Å². The summed E-state index contributed by atoms with van der Waals surface area (Å²) >= 11 is 0. The van der Waals surface area contributed by atoms with Crippen molar-refractivity contribution in [1.82, 2.24) is 10.6 Å². The molecular formula is C25H37FN2O. The predicted molar refractivity (Wildman–Crippen MR) is 121 cm³/mol. The molecule has 1 aromatic carbocycles. The van der Waals surface area contributed by atoms with Crippen LogP contribution in [0, 0.1) is 5.82 Å². The van der Waals surface area contributed by atoms with E-state index in [1.165, 1.54) is 24.8 Å². The molecule has 1 aromatic rings. The van der Waals surface area contributed by atoms with Crippen LogP contribution in [0.3, 0.4) is 0 Å². The normalized spacial score (nSPS) is 17.3. The highest BCUT2D eigenvalue weighted by molar-refractivity contribution is 5.31. The van der Waals surface area contributed by atoms with Crippen molar-refractivity contribution in [3.05, 3.63) is 71.3 Å². The molecule has 0 saturated heterocycles. The van der Waals surface area contributed by atoms with E-state index in [1.54, 1.807) is 18.2 Å². The van der Waals surface area contributed by atoms with Crippen molar-refractivity contribution >= 4 is 0 Å². The van der Waals surface area contributed by atoms with E-state index in [0.717, 1.165) is 56.0 Å². The molecule has 1 saturated carbocycles. The van der Waals surface area contributed by atoms with E-state index < -0.39 is 0 Å². The van der Waals surface area contributed by atoms with Gasteiger partial charge in [0.15, 0.2) is 0 Å². The number of unbranched alkanes of at least 4 members (excludes halogenated alkanes) is 2. The van der Waals surface area contributed by atoms with Crippen molar-refractivity contribution in [3.63, 3.8) is 0 Å². The van der Waals surface area contributed by atoms with Crippen LogP contribution in [-0.4, -0.2) is 25.2 Å². The minimum atomic E-state index is -0.303. The molecule has 0 unspecified atom stereocenters. The van der Waals surface area contributed by atoms with Crippen LogP contribution in [0.5, 0.6) is 0 Å². The number of benzene rings is 1. The van der Waals surface area contributed by atoms with Gasteiger partial charge < -0.3 is 15.7 Å². The van der Waals surface area contributed by atoms with Gasteiger partial charge in [-0.2, -0.15) is 0 Å². The lowest BCUT2D eigenvalue weighted by Gasteiger charge is -2.32. The molecule has 1 fully saturated rings. The predicted octanol–water partition coefficient (Wildman–Crippen LogP) is 5.91. The first-order valence-corrected chi connectivity index (χ1v) is 10.9. The van der Waals surface area contributed by atoms with Gasteiger partial charge in [0.25, 0.3) is 0 Å². The number of rotatable bonds is 12. The highest BCUT2D eigenvalue weighted by Gasteiger charge is 2.36. The molecule has 0 atom stereocenters. The molecule has 3 N–H and O–H groups in total. The molecule has 0 aromatic heterocycles. The number of nitrogens with one attached hydrogen (secondary N) is 2. The molecule has 1 aliphatic rings. The van der Waals surface area contributed by atoms with E-state index in [1.807, 2.05) is 25.3 Å². The Kier molecular flexibility index (Phi) is 10.2. The first-order chi connectivity index (χ1) is 14.1. The van der Waals surface area contributed by atoms with Crippen LogP contribution in [0.4, 0.5) is 4.39 Å². The molecule has 160 valence electrons. The van der Waals surface area contributed by atoms with Crippen molar-refractivity contribution in [2.24, 2.45) is 0 Å². The Bertz CT molecular complexity index is 703. The van der Waals surface area contributed by atoms with E-state index in [-0.39, 0.29) is 11.4 Å². The fraction of sp³-hybridized carbons (Fsp3) is 0.520. The summed E-state index contributed by atoms with van der Waals surface area (Å²) in [5, 5.41) is 16.0. The van der Waals surface area contributed by atoms with E-state index >= 15 is 0 Å². The Morgan fingerprint density at radius 2 is 1.93 bits per heavy atom. The maximum Gasteiger partial charge on any atom is 0.128 e. The minimum Gasteiger partial charge on any atom is -0.516 e. The van der Waals surface area contributed by atoms with Crippen molar-refractivity contribution in [3.8, 4) is 0 Å². The van der Waals surface area contributed by atoms with Crippen LogP contribution in [0.2, 0.25) is 0 Å². The molecule has 0 aliphatic heterocycles. The van der Waals surface area contributed by atoms with Gasteiger partial charge in [-0.1, -0.05) is 55.2 Å². The van der Waals surface area contributed by atoms with Gasteiger partial charge >= 0.3 is 0 Å². The first kappa shape index (κ1) is 23.4. The van der Waals surface area contributed by atoms with Crippen LogP contribution in [0.25, 0.3) is 0 Å². The quantitative estimate of drug-likeness (QED) is 0.232. The number of aliphatic hydroxyl groups excluding tert-OH is 1. The number of halogens is 1. The zero-order chi connectivity index (χ0) is 21.0. The van der Waals surface area contributed by atoms with Crippen LogP contribution in [-0.2, 0) is 5.54 Å². The van der Waals surface area contributed by atoms with Crippen molar-refractivity contribution in [1.29, 1.82) is 0 Å². The zero-order valence-electron chi connectivity index (χ0n) is 18.0. The standard InChI is InChI=1S/C25H37FN2O/c1-21(11-4-3-9-17-27-2)19-22(12-10-18-29)20-28-25(15-7-8-16-25)23-13-5-6-14-24(23)26/h5-6,10,12-14,18-19,27-29H,3-4,7-9,11,15-17,20H2,1-2H3/b18-10+,21-19+,22-12+. The van der Waals surface area contributed by atoms with Gasteiger partial charge in [0.1, 0.15) is 5.82 Å². The van der Waals surface area contributed by atoms with E-state index in [2.05, 4.69) is 23.6 Å². The van der Waals surface area contributed by atoms with Crippen LogP contribution < -0.4 is 10.6 Å². The number of hydrogen-bond acceptors (Lipinski definition) is 3. The number of aliphatic hydroxyl groups is 1. The first-order valence-electron chi connectivity index (χ1n) is 10.9. The Morgan fingerprint density at radius 1 is 1.17 bits per heavy atom. The van der Waals surface area contributed by atoms with Gasteiger partial charge in [-0.3, -0.25) is 0 Å². The summed E-state index contributed by atoms with van der Waals surface area (Å²) in [5.74, 6) is -0.129. The third-order valence-electron chi connectivity index (χ3n) is 5.80. The van der Waals surface area contributed by atoms with Crippen LogP contribution in [0.15, 0.2) is 59.9 Å². The fourth-order valence-corrected chi connectivity index (χ4v) is 4.24. The summed E-state index contributed by atoms with van der Waals surface area (Å²) in [6.45, 7) is 3.88. The number of allylic oxidation sites excluding steroid dienone is 3. The third kappa shape index (κ3) is 7.45. The summed E-state index contributed by atoms with van der Waals surface area (Å²) in [6.07, 6.45) is 15.6. The van der Waals surface area contributed by atoms with Gasteiger partial charge in [-0.25, -0.2) is 4.39 Å². The van der Waals surface area contributed by atoms with Gasteiger partial charge in [0, 0.05) is 17.6 Å². The van der Waals surface area contributed by atoms with E-state index in [9.17, 15) is 4.39 Å². The van der Waals surface area contributed by atoms with E-state index in [0.29, 0.717) is 6.54 Å². The molecule has 0 radical (unpaired) electrons. The van der Waals surface area contributed by atoms with Crippen molar-refractivity contribution in [2.75, 3.05) is 20.1 Å². The largest absolute Gasteiger partial charge is 0.516 e. The molecule has 1 aliphatic carbocycles. The SMILES string of the molecule is CNCCCCC/C(C)=C/C(=C\C=C\O)CNC1(c2ccccc2F)CCCC1. The number of hydrogen-bond donors (Lipinski definition) is 3. The summed E-state index contributed by atoms with van der Waals surface area (Å²) in [4.78, 5) is 0. The molecule has 0 heterocycles. The lowest BCUT2D eigenvalue weighted by atomic mass is 9.87. The van der Waals surface area contributed by atoms with Crippen molar-refractivity contribution < 1.29 is 9.50 Å². The minimum absolute atomic E-state index is 0.129. The second-order valence-electron chi connectivity index (χ2n) is 8.11. The maximum absolute atomic E-state index is 14.5. The van der Waals surface area contributed by atoms with Crippen molar-refractivity contribution in [2.45, 2.75) is 63.8 Å². The monoisotopic (exact) mass is 400 g/mol. The Morgan fingerprint density at radius 3 is 2.62 bits per heavy atom. The molecule has 3 nitrogen and oxygen atoms in total. The summed E-state index contributed by atoms with van der Waals surface area (Å²) in [5.41, 5.74) is 2.91. The molecule has 0 amide bonds. The van der Waals surface area contributed by atoms with Gasteiger partial charge in [-0.05, 0) is 70.3 Å². The molecular weight excluding hydrogens is 363 g/mol. The van der Waals surface area contributed by atoms with Gasteiger partial charge in [0.05, 0.1) is 6.26 Å².